The van der Waals surface area contributed by atoms with Gasteiger partial charge in [-0.1, -0.05) is 0 Å². The number of nitrogens with zero attached hydrogens (tertiary/aromatic N) is 1. The summed E-state index contributed by atoms with van der Waals surface area (Å²) in [6, 6.07) is 0. The number of nitrogens with one attached hydrogen (secondary N) is 1. The number of rotatable bonds is 9. The first-order chi connectivity index (χ1) is 9.06. The Labute approximate surface area is 110 Å². The summed E-state index contributed by atoms with van der Waals surface area (Å²) in [5.41, 5.74) is 0. The molecule has 7 heteroatoms. The Morgan fingerprint density at radius 3 is 2.42 bits per heavy atom. The van der Waals surface area contributed by atoms with Gasteiger partial charge in [-0.3, -0.25) is 24.6 Å². The van der Waals surface area contributed by atoms with E-state index in [1.807, 2.05) is 0 Å². The average molecular weight is 270 g/mol. The molecule has 0 aromatic heterocycles. The van der Waals surface area contributed by atoms with Crippen molar-refractivity contribution in [2.75, 3.05) is 13.2 Å². The van der Waals surface area contributed by atoms with E-state index in [1.165, 1.54) is 12.2 Å². The molecule has 3 N–H and O–H groups in total. The van der Waals surface area contributed by atoms with Gasteiger partial charge in [-0.2, -0.15) is 0 Å². The smallest absolute Gasteiger partial charge is 0.303 e. The van der Waals surface area contributed by atoms with E-state index in [2.05, 4.69) is 5.32 Å². The number of carboxylic acid groups (broad SMARTS) is 1. The van der Waals surface area contributed by atoms with Gasteiger partial charge in [-0.25, -0.2) is 0 Å². The van der Waals surface area contributed by atoms with Crippen molar-refractivity contribution in [1.29, 1.82) is 0 Å². The average Bonchev–Trinajstić information content (AvgIpc) is 2.69. The van der Waals surface area contributed by atoms with Crippen molar-refractivity contribution >= 4 is 17.8 Å². The summed E-state index contributed by atoms with van der Waals surface area (Å²) in [5.74, 6) is -1.65. The normalized spacial score (nSPS) is 16.2. The van der Waals surface area contributed by atoms with Crippen molar-refractivity contribution in [3.05, 3.63) is 12.2 Å². The molecule has 19 heavy (non-hydrogen) atoms. The number of carbonyl (C=O) groups is 3. The highest BCUT2D eigenvalue weighted by atomic mass is 16.4. The monoisotopic (exact) mass is 270 g/mol. The van der Waals surface area contributed by atoms with Crippen LogP contribution in [0.25, 0.3) is 0 Å². The fourth-order valence-electron chi connectivity index (χ4n) is 1.89. The van der Waals surface area contributed by atoms with Crippen LogP contribution in [0, 0.1) is 0 Å². The van der Waals surface area contributed by atoms with Crippen molar-refractivity contribution in [3.8, 4) is 0 Å². The summed E-state index contributed by atoms with van der Waals surface area (Å²) in [5, 5.41) is 20.2. The summed E-state index contributed by atoms with van der Waals surface area (Å²) in [7, 11) is 0. The molecule has 0 saturated heterocycles. The highest BCUT2D eigenvalue weighted by Crippen LogP contribution is 2.13. The van der Waals surface area contributed by atoms with Crippen LogP contribution >= 0.6 is 0 Å². The fraction of sp³-hybridized carbons (Fsp3) is 0.583. The SMILES string of the molecule is O=C(O)CCCCC(NCCO)N1C(=O)C=CC1=O. The Bertz CT molecular complexity index is 362. The molecule has 0 aromatic carbocycles. The second kappa shape index (κ2) is 7.65. The van der Waals surface area contributed by atoms with Gasteiger partial charge in [0.15, 0.2) is 0 Å². The van der Waals surface area contributed by atoms with Crippen LogP contribution in [0.3, 0.4) is 0 Å². The van der Waals surface area contributed by atoms with Gasteiger partial charge in [0.2, 0.25) is 0 Å². The van der Waals surface area contributed by atoms with Crippen LogP contribution in [0.4, 0.5) is 0 Å². The number of aliphatic hydroxyl groups excluding tert-OH is 1. The third kappa shape index (κ3) is 4.80. The number of amides is 2. The number of unbranched alkanes of at least 4 members (excludes halogenated alkanes) is 1. The quantitative estimate of drug-likeness (QED) is 0.384. The van der Waals surface area contributed by atoms with Gasteiger partial charge >= 0.3 is 5.97 Å². The maximum absolute atomic E-state index is 11.6. The molecule has 0 spiro atoms. The molecule has 0 aromatic rings. The van der Waals surface area contributed by atoms with Crippen LogP contribution in [0.15, 0.2) is 12.2 Å². The summed E-state index contributed by atoms with van der Waals surface area (Å²) < 4.78 is 0. The summed E-state index contributed by atoms with van der Waals surface area (Å²) >= 11 is 0. The highest BCUT2D eigenvalue weighted by molar-refractivity contribution is 6.13. The van der Waals surface area contributed by atoms with Crippen molar-refractivity contribution in [2.45, 2.75) is 31.8 Å². The van der Waals surface area contributed by atoms with E-state index in [1.54, 1.807) is 0 Å². The number of hydrogen-bond acceptors (Lipinski definition) is 5. The largest absolute Gasteiger partial charge is 0.481 e. The molecule has 1 atom stereocenters. The number of aliphatic carboxylic acids is 1. The molecule has 0 aliphatic carbocycles. The Morgan fingerprint density at radius 1 is 1.26 bits per heavy atom. The van der Waals surface area contributed by atoms with Gasteiger partial charge in [-0.15, -0.1) is 0 Å². The molecule has 0 saturated carbocycles. The molecule has 0 radical (unpaired) electrons. The first-order valence-corrected chi connectivity index (χ1v) is 6.17. The molecule has 7 nitrogen and oxygen atoms in total. The minimum Gasteiger partial charge on any atom is -0.481 e. The van der Waals surface area contributed by atoms with E-state index in [-0.39, 0.29) is 19.6 Å². The fourth-order valence-corrected chi connectivity index (χ4v) is 1.89. The molecular formula is C12H18N2O5. The minimum atomic E-state index is -0.866. The van der Waals surface area contributed by atoms with Crippen molar-refractivity contribution in [1.82, 2.24) is 10.2 Å². The predicted molar refractivity (Wildman–Crippen MR) is 66.0 cm³/mol. The van der Waals surface area contributed by atoms with Crippen molar-refractivity contribution < 1.29 is 24.6 Å². The van der Waals surface area contributed by atoms with Crippen LogP contribution in [0.2, 0.25) is 0 Å². The van der Waals surface area contributed by atoms with E-state index in [0.29, 0.717) is 19.3 Å². The summed E-state index contributed by atoms with van der Waals surface area (Å²) in [6.45, 7) is 0.163. The summed E-state index contributed by atoms with van der Waals surface area (Å²) in [4.78, 5) is 34.6. The van der Waals surface area contributed by atoms with Crippen molar-refractivity contribution in [3.63, 3.8) is 0 Å². The van der Waals surface area contributed by atoms with E-state index >= 15 is 0 Å². The first kappa shape index (κ1) is 15.3. The Kier molecular flexibility index (Phi) is 6.17. The zero-order valence-corrected chi connectivity index (χ0v) is 10.5. The van der Waals surface area contributed by atoms with Crippen LogP contribution < -0.4 is 5.32 Å². The third-order valence-corrected chi connectivity index (χ3v) is 2.76. The lowest BCUT2D eigenvalue weighted by molar-refractivity contribution is -0.141. The topological polar surface area (TPSA) is 107 Å². The number of carbonyl (C=O) groups excluding carboxylic acids is 2. The summed E-state index contributed by atoms with van der Waals surface area (Å²) in [6.07, 6.45) is 3.48. The zero-order chi connectivity index (χ0) is 14.3. The molecule has 1 heterocycles. The molecule has 1 aliphatic heterocycles. The van der Waals surface area contributed by atoms with Crippen LogP contribution in [0.5, 0.6) is 0 Å². The maximum atomic E-state index is 11.6. The molecule has 0 bridgehead atoms. The molecule has 1 unspecified atom stereocenters. The second-order valence-corrected chi connectivity index (χ2v) is 4.21. The van der Waals surface area contributed by atoms with Gasteiger partial charge < -0.3 is 10.2 Å². The van der Waals surface area contributed by atoms with Crippen LogP contribution in [0.1, 0.15) is 25.7 Å². The Morgan fingerprint density at radius 2 is 1.89 bits per heavy atom. The predicted octanol–water partition coefficient (Wildman–Crippen LogP) is -0.536. The number of carboxylic acids is 1. The minimum absolute atomic E-state index is 0.0624. The van der Waals surface area contributed by atoms with E-state index < -0.39 is 23.9 Å². The van der Waals surface area contributed by atoms with Gasteiger partial charge in [-0.05, 0) is 19.3 Å². The highest BCUT2D eigenvalue weighted by Gasteiger charge is 2.30. The molecule has 106 valence electrons. The van der Waals surface area contributed by atoms with Crippen molar-refractivity contribution in [2.24, 2.45) is 0 Å². The lowest BCUT2D eigenvalue weighted by Crippen LogP contribution is -2.49. The number of imide groups is 1. The van der Waals surface area contributed by atoms with Gasteiger partial charge in [0.05, 0.1) is 12.8 Å². The standard InChI is InChI=1S/C12H18N2O5/c15-8-7-13-9(3-1-2-4-12(18)19)14-10(16)5-6-11(14)17/h5-6,9,13,15H,1-4,7-8H2,(H,18,19). The van der Waals surface area contributed by atoms with Gasteiger partial charge in [0.1, 0.15) is 0 Å². The third-order valence-electron chi connectivity index (χ3n) is 2.76. The molecule has 1 aliphatic rings. The first-order valence-electron chi connectivity index (χ1n) is 6.17. The van der Waals surface area contributed by atoms with E-state index in [4.69, 9.17) is 10.2 Å². The molecule has 1 rings (SSSR count). The number of hydrogen-bond donors (Lipinski definition) is 3. The number of aliphatic hydroxyl groups is 1. The molecule has 0 fully saturated rings. The lowest BCUT2D eigenvalue weighted by atomic mass is 10.1. The van der Waals surface area contributed by atoms with E-state index in [9.17, 15) is 14.4 Å². The molecular weight excluding hydrogens is 252 g/mol. The van der Waals surface area contributed by atoms with Crippen LogP contribution in [-0.2, 0) is 14.4 Å². The Balaban J connectivity index is 2.49. The lowest BCUT2D eigenvalue weighted by Gasteiger charge is -2.27. The van der Waals surface area contributed by atoms with Gasteiger partial charge in [0, 0.05) is 25.1 Å². The second-order valence-electron chi connectivity index (χ2n) is 4.21. The van der Waals surface area contributed by atoms with Gasteiger partial charge in [0.25, 0.3) is 11.8 Å². The van der Waals surface area contributed by atoms with Crippen LogP contribution in [-0.4, -0.2) is 52.2 Å². The Hall–Kier alpha value is -1.73. The maximum Gasteiger partial charge on any atom is 0.303 e. The molecule has 2 amide bonds. The zero-order valence-electron chi connectivity index (χ0n) is 10.5. The van der Waals surface area contributed by atoms with E-state index in [0.717, 1.165) is 4.90 Å².